The third kappa shape index (κ3) is 28.2. The molecular formula is C61H81F5IN3O23S. The van der Waals surface area contributed by atoms with Gasteiger partial charge >= 0.3 is 69.0 Å². The lowest BCUT2D eigenvalue weighted by molar-refractivity contribution is -0.598. The van der Waals surface area contributed by atoms with E-state index < -0.39 is 149 Å². The first-order valence-electron chi connectivity index (χ1n) is 27.6. The zero-order chi connectivity index (χ0) is 73.0. The Kier molecular flexibility index (Phi) is 31.5. The van der Waals surface area contributed by atoms with Crippen LogP contribution in [0.25, 0.3) is 0 Å². The highest BCUT2D eigenvalue weighted by atomic mass is 127. The van der Waals surface area contributed by atoms with Crippen molar-refractivity contribution in [1.82, 2.24) is 9.80 Å². The van der Waals surface area contributed by atoms with E-state index in [1.54, 1.807) is 96.3 Å². The van der Waals surface area contributed by atoms with E-state index in [4.69, 9.17) is 81.4 Å². The van der Waals surface area contributed by atoms with Crippen molar-refractivity contribution >= 4 is 52.4 Å². The molecular weight excluding hydrogens is 1390 g/mol. The highest BCUT2D eigenvalue weighted by Gasteiger charge is 2.44. The van der Waals surface area contributed by atoms with Gasteiger partial charge in [-0.1, -0.05) is 17.7 Å². The van der Waals surface area contributed by atoms with Crippen LogP contribution in [0.2, 0.25) is 0 Å². The molecule has 4 amide bonds. The van der Waals surface area contributed by atoms with E-state index in [1.165, 1.54) is 34.5 Å². The predicted molar refractivity (Wildman–Crippen MR) is 320 cm³/mol. The second-order valence-electron chi connectivity index (χ2n) is 23.6. The smallest absolute Gasteiger partial charge is 0.485 e. The summed E-state index contributed by atoms with van der Waals surface area (Å²) in [6.07, 6.45) is -5.02. The van der Waals surface area contributed by atoms with Gasteiger partial charge < -0.3 is 73.0 Å². The van der Waals surface area contributed by atoms with Gasteiger partial charge in [-0.25, -0.2) is 46.0 Å². The minimum atomic E-state index is -6.09. The van der Waals surface area contributed by atoms with Gasteiger partial charge in [-0.3, -0.25) is 4.79 Å². The van der Waals surface area contributed by atoms with E-state index in [0.717, 1.165) is 31.9 Å². The number of methoxy groups -OCH3 is 6. The largest absolute Gasteiger partial charge is 0.741 e. The number of carbonyl (C=O) groups excluding carboxylic acids is 6. The standard InChI is InChI=1S/C29H39INO8.C22H32FNO8.C9H10FNO4.CHF3O3S/c1-18-11-13-20(14-12-18)30-21-17-24(36-9)23(35-8)16-19(21)15-22(25(32)37-10)31(26(33)38-28(2,3)4)27(34)39-29(5,6)7;1-21(2,3)31-19(26)24(20(27)32-22(4,5)6)15(18(25)30-9)10-13-11-16(28-7)17(29-8)12-14(13)23;10-5-3-8(13)7(12)2-4(5)1-6(11)9(14)15;2-1(3,4)8(5,6)7/h11-14,16-17,22H,15H2,1-10H3;11-12,15H,10H2,1-9H3;2-3,6,12-13H,1,11H2,(H,14,15);(H,5,6,7)/q+1;;;/p-1/i;23-1;10-1;. The molecule has 33 heteroatoms. The van der Waals surface area contributed by atoms with Crippen molar-refractivity contribution in [3.05, 3.63) is 102 Å². The van der Waals surface area contributed by atoms with Crippen molar-refractivity contribution in [1.29, 1.82) is 0 Å². The molecule has 94 heavy (non-hydrogen) atoms. The molecule has 0 aliphatic rings. The van der Waals surface area contributed by atoms with Crippen LogP contribution in [0.4, 0.5) is 41.1 Å². The summed E-state index contributed by atoms with van der Waals surface area (Å²) in [4.78, 5) is 89.9. The van der Waals surface area contributed by atoms with Gasteiger partial charge in [-0.2, -0.15) is 23.0 Å². The molecule has 0 aliphatic heterocycles. The van der Waals surface area contributed by atoms with Crippen LogP contribution in [0.1, 0.15) is 105 Å². The van der Waals surface area contributed by atoms with Crippen LogP contribution >= 0.6 is 0 Å². The number of phenols is 2. The van der Waals surface area contributed by atoms with E-state index >= 15 is 0 Å². The maximum absolute atomic E-state index is 14.8. The number of alkyl halides is 3. The van der Waals surface area contributed by atoms with Crippen molar-refractivity contribution < 1.29 is 152 Å². The van der Waals surface area contributed by atoms with Crippen LogP contribution < -0.4 is 45.9 Å². The molecule has 0 saturated carbocycles. The number of benzene rings is 4. The highest BCUT2D eigenvalue weighted by molar-refractivity contribution is 7.86. The van der Waals surface area contributed by atoms with Gasteiger partial charge in [0.25, 0.3) is 0 Å². The molecule has 26 nitrogen and oxygen atoms in total. The average molecular weight is 1480 g/mol. The molecule has 0 radical (unpaired) electrons. The summed E-state index contributed by atoms with van der Waals surface area (Å²) in [5.41, 5.74) is -2.49. The lowest BCUT2D eigenvalue weighted by Gasteiger charge is -2.32. The topological polar surface area (TPSA) is 362 Å². The summed E-state index contributed by atoms with van der Waals surface area (Å²) < 4.78 is 142. The van der Waals surface area contributed by atoms with Crippen LogP contribution in [0.15, 0.2) is 60.7 Å². The number of nitrogens with zero attached hydrogens (tertiary/aromatic N) is 2. The SMILES string of the molecule is COC(=O)C(Cc1cc(OC)c(OC)cc1[18F])N(C(=O)OC(C)(C)C)C(=O)OC(C)(C)C.COC(=O)C(Cc1cc(OC)c(OC)cc1[I+]c1ccc(C)cc1)N(C(=O)OC(C)(C)C)C(=O)OC(C)(C)C.NC(Cc1cc(O)c(O)cc1[18F])C(=O)O.O=S(=O)([O-])C(F)(F)F. The number of nitrogens with two attached hydrogens (primary N) is 1. The summed E-state index contributed by atoms with van der Waals surface area (Å²) in [5.74, 6) is -4.33. The monoisotopic (exact) mass is 1480 g/mol. The summed E-state index contributed by atoms with van der Waals surface area (Å²) in [6.45, 7) is 21.6. The predicted octanol–water partition coefficient (Wildman–Crippen LogP) is 6.74. The number of amides is 4. The van der Waals surface area contributed by atoms with Crippen molar-refractivity contribution in [3.8, 4) is 34.5 Å². The molecule has 4 aromatic carbocycles. The third-order valence-corrected chi connectivity index (χ3v) is 14.8. The van der Waals surface area contributed by atoms with Crippen molar-refractivity contribution in [2.24, 2.45) is 5.73 Å². The fourth-order valence-corrected chi connectivity index (χ4v) is 9.68. The number of carbonyl (C=O) groups is 7. The Bertz CT molecular complexity index is 3330. The van der Waals surface area contributed by atoms with Gasteiger partial charge in [-0.05, 0) is 131 Å². The van der Waals surface area contributed by atoms with Crippen LogP contribution in [0.5, 0.6) is 34.5 Å². The van der Waals surface area contributed by atoms with E-state index in [2.05, 4.69) is 12.1 Å². The Morgan fingerprint density at radius 3 is 1.17 bits per heavy atom. The van der Waals surface area contributed by atoms with E-state index in [0.29, 0.717) is 32.9 Å². The second-order valence-corrected chi connectivity index (χ2v) is 27.9. The number of aliphatic carboxylic acids is 1. The van der Waals surface area contributed by atoms with Crippen LogP contribution in [0, 0.1) is 25.7 Å². The molecule has 0 heterocycles. The number of hydrogen-bond acceptors (Lipinski definition) is 23. The van der Waals surface area contributed by atoms with E-state index in [9.17, 15) is 55.5 Å². The summed E-state index contributed by atoms with van der Waals surface area (Å²) >= 11 is -0.738. The molecule has 0 fully saturated rings. The average Bonchev–Trinajstić information content (AvgIpc) is 0.808. The Hall–Kier alpha value is -8.18. The van der Waals surface area contributed by atoms with Gasteiger partial charge in [0.1, 0.15) is 52.2 Å². The second kappa shape index (κ2) is 35.4. The first kappa shape index (κ1) is 83.8. The van der Waals surface area contributed by atoms with E-state index in [1.807, 2.05) is 25.1 Å². The molecule has 5 N–H and O–H groups in total. The number of hydrogen-bond donors (Lipinski definition) is 4. The lowest BCUT2D eigenvalue weighted by atomic mass is 10.0. The summed E-state index contributed by atoms with van der Waals surface area (Å²) in [7, 11) is 1.98. The normalized spacial score (nSPS) is 12.5. The van der Waals surface area contributed by atoms with Crippen LogP contribution in [0.3, 0.4) is 0 Å². The molecule has 0 spiro atoms. The molecule has 3 atom stereocenters. The van der Waals surface area contributed by atoms with Gasteiger partial charge in [0, 0.05) is 43.0 Å². The van der Waals surface area contributed by atoms with Crippen LogP contribution in [-0.4, -0.2) is 169 Å². The minimum absolute atomic E-state index is 0.0184. The molecule has 0 aromatic heterocycles. The third-order valence-electron chi connectivity index (χ3n) is 11.3. The highest BCUT2D eigenvalue weighted by Crippen LogP contribution is 2.33. The quantitative estimate of drug-likeness (QED) is 0.0162. The molecule has 526 valence electrons. The zero-order valence-corrected chi connectivity index (χ0v) is 58.3. The Morgan fingerprint density at radius 2 is 0.840 bits per heavy atom. The summed E-state index contributed by atoms with van der Waals surface area (Å²) in [6, 6.07) is 11.7. The molecule has 0 saturated heterocycles. The zero-order valence-electron chi connectivity index (χ0n) is 55.3. The summed E-state index contributed by atoms with van der Waals surface area (Å²) in [5, 5.41) is 26.5. The minimum Gasteiger partial charge on any atom is -0.741 e. The number of carboxylic acids is 1. The molecule has 0 bridgehead atoms. The van der Waals surface area contributed by atoms with Crippen LogP contribution in [-0.2, 0) is 72.2 Å². The molecule has 3 unspecified atom stereocenters. The number of ether oxygens (including phenoxy) is 10. The maximum atomic E-state index is 14.8. The first-order chi connectivity index (χ1) is 42.9. The number of aromatic hydroxyl groups is 2. The van der Waals surface area contributed by atoms with Gasteiger partial charge in [-0.15, -0.1) is 0 Å². The molecule has 4 rings (SSSR count). The van der Waals surface area contributed by atoms with Crippen molar-refractivity contribution in [2.45, 2.75) is 155 Å². The number of phenolic OH excluding ortho intramolecular Hbond substituents is 2. The van der Waals surface area contributed by atoms with Gasteiger partial charge in [0.05, 0.1) is 42.7 Å². The Balaban J connectivity index is 0.000000712. The molecule has 0 aliphatic carbocycles. The maximum Gasteiger partial charge on any atom is 0.485 e. The molecule has 4 aromatic rings. The number of esters is 2. The first-order valence-corrected chi connectivity index (χ1v) is 31.2. The van der Waals surface area contributed by atoms with Gasteiger partial charge in [0.15, 0.2) is 48.2 Å². The Morgan fingerprint density at radius 1 is 0.532 bits per heavy atom. The van der Waals surface area contributed by atoms with Gasteiger partial charge in [0.2, 0.25) is 3.57 Å². The van der Waals surface area contributed by atoms with Crippen molar-refractivity contribution in [3.63, 3.8) is 0 Å². The number of imide groups is 2. The Labute approximate surface area is 551 Å². The number of carboxylic acid groups (broad SMARTS) is 1. The fraction of sp³-hybridized carbons (Fsp3) is 0.492. The van der Waals surface area contributed by atoms with E-state index in [-0.39, 0.29) is 35.5 Å². The lowest BCUT2D eigenvalue weighted by Crippen LogP contribution is -3.61. The number of aryl methyl sites for hydroxylation is 1. The number of halogens is 6. The fourth-order valence-electron chi connectivity index (χ4n) is 7.13. The van der Waals surface area contributed by atoms with Crippen molar-refractivity contribution in [2.75, 3.05) is 42.7 Å². The number of rotatable bonds is 17.